The molecule has 0 heteroatoms. The molecule has 2 aromatic carbocycles. The third kappa shape index (κ3) is 2.07. The molecule has 1 aliphatic rings. The van der Waals surface area contributed by atoms with Gasteiger partial charge in [0.25, 0.3) is 0 Å². The van der Waals surface area contributed by atoms with Gasteiger partial charge in [0.1, 0.15) is 0 Å². The second kappa shape index (κ2) is 4.42. The zero-order valence-electron chi connectivity index (χ0n) is 9.58. The van der Waals surface area contributed by atoms with Crippen LogP contribution < -0.4 is 0 Å². The Kier molecular flexibility index (Phi) is 2.63. The van der Waals surface area contributed by atoms with Crippen LogP contribution in [0.15, 0.2) is 66.7 Å². The quantitative estimate of drug-likeness (QED) is 0.695. The van der Waals surface area contributed by atoms with Crippen molar-refractivity contribution in [3.8, 4) is 0 Å². The van der Waals surface area contributed by atoms with Gasteiger partial charge < -0.3 is 0 Å². The van der Waals surface area contributed by atoms with Gasteiger partial charge in [-0.3, -0.25) is 0 Å². The summed E-state index contributed by atoms with van der Waals surface area (Å²) in [4.78, 5) is 0. The second-order valence-electron chi connectivity index (χ2n) is 4.28. The van der Waals surface area contributed by atoms with Crippen LogP contribution in [0.4, 0.5) is 0 Å². The van der Waals surface area contributed by atoms with Crippen LogP contribution in [0.2, 0.25) is 0 Å². The molecule has 0 radical (unpaired) electrons. The summed E-state index contributed by atoms with van der Waals surface area (Å²) in [5.41, 5.74) is 4.00. The summed E-state index contributed by atoms with van der Waals surface area (Å²) in [6.07, 6.45) is 8.91. The summed E-state index contributed by atoms with van der Waals surface area (Å²) in [6.45, 7) is 0. The maximum absolute atomic E-state index is 2.26. The largest absolute Gasteiger partial charge is 0.0726 e. The van der Waals surface area contributed by atoms with E-state index in [-0.39, 0.29) is 0 Å². The Balaban J connectivity index is 1.85. The van der Waals surface area contributed by atoms with Crippen LogP contribution in [0.25, 0.3) is 12.2 Å². The first-order valence-electron chi connectivity index (χ1n) is 5.94. The third-order valence-corrected chi connectivity index (χ3v) is 3.13. The zero-order chi connectivity index (χ0) is 11.5. The zero-order valence-corrected chi connectivity index (χ0v) is 9.58. The molecule has 0 bridgehead atoms. The second-order valence-corrected chi connectivity index (χ2v) is 4.28. The highest BCUT2D eigenvalue weighted by Crippen LogP contribution is 2.31. The van der Waals surface area contributed by atoms with Gasteiger partial charge in [0, 0.05) is 5.92 Å². The minimum Gasteiger partial charge on any atom is -0.0726 e. The van der Waals surface area contributed by atoms with Crippen molar-refractivity contribution in [3.63, 3.8) is 0 Å². The van der Waals surface area contributed by atoms with Crippen LogP contribution in [0, 0.1) is 0 Å². The van der Waals surface area contributed by atoms with E-state index in [0.29, 0.717) is 5.92 Å². The van der Waals surface area contributed by atoms with E-state index in [0.717, 1.165) is 0 Å². The molecule has 0 amide bonds. The Hall–Kier alpha value is -2.08. The van der Waals surface area contributed by atoms with E-state index in [1.807, 2.05) is 6.07 Å². The summed E-state index contributed by atoms with van der Waals surface area (Å²) in [5, 5.41) is 0. The lowest BCUT2D eigenvalue weighted by Gasteiger charge is -2.05. The third-order valence-electron chi connectivity index (χ3n) is 3.13. The molecule has 0 spiro atoms. The number of fused-ring (bicyclic) bond motifs is 1. The number of allylic oxidation sites excluding steroid dienone is 2. The average Bonchev–Trinajstić information content (AvgIpc) is 2.81. The SMILES string of the molecule is C(=CC1C=Cc2ccccc21)c1ccccc1. The fourth-order valence-electron chi connectivity index (χ4n) is 2.22. The summed E-state index contributed by atoms with van der Waals surface area (Å²) in [7, 11) is 0. The number of rotatable bonds is 2. The van der Waals surface area contributed by atoms with Crippen molar-refractivity contribution in [1.29, 1.82) is 0 Å². The first-order valence-corrected chi connectivity index (χ1v) is 5.94. The standard InChI is InChI=1S/C17H14/c1-2-6-14(7-3-1)10-11-16-13-12-15-8-4-5-9-17(15)16/h1-13,16H. The van der Waals surface area contributed by atoms with Gasteiger partial charge in [0.2, 0.25) is 0 Å². The molecule has 17 heavy (non-hydrogen) atoms. The molecule has 1 aliphatic carbocycles. The fourth-order valence-corrected chi connectivity index (χ4v) is 2.22. The van der Waals surface area contributed by atoms with E-state index in [1.165, 1.54) is 16.7 Å². The summed E-state index contributed by atoms with van der Waals surface area (Å²) < 4.78 is 0. The van der Waals surface area contributed by atoms with Gasteiger partial charge in [-0.1, -0.05) is 78.9 Å². The molecule has 3 rings (SSSR count). The predicted molar refractivity (Wildman–Crippen MR) is 73.7 cm³/mol. The van der Waals surface area contributed by atoms with Gasteiger partial charge in [0.15, 0.2) is 0 Å². The molecule has 0 aliphatic heterocycles. The lowest BCUT2D eigenvalue weighted by Crippen LogP contribution is -1.87. The molecule has 0 N–H and O–H groups in total. The summed E-state index contributed by atoms with van der Waals surface area (Å²) in [6, 6.07) is 19.0. The molecule has 0 fully saturated rings. The van der Waals surface area contributed by atoms with Gasteiger partial charge in [-0.15, -0.1) is 0 Å². The minimum atomic E-state index is 0.423. The van der Waals surface area contributed by atoms with Crippen LogP contribution >= 0.6 is 0 Å². The first kappa shape index (κ1) is 10.1. The summed E-state index contributed by atoms with van der Waals surface area (Å²) >= 11 is 0. The lowest BCUT2D eigenvalue weighted by molar-refractivity contribution is 1.12. The maximum Gasteiger partial charge on any atom is 0.0211 e. The molecule has 1 atom stereocenters. The minimum absolute atomic E-state index is 0.423. The van der Waals surface area contributed by atoms with Crippen molar-refractivity contribution < 1.29 is 0 Å². The van der Waals surface area contributed by atoms with Gasteiger partial charge in [0.05, 0.1) is 0 Å². The predicted octanol–water partition coefficient (Wildman–Crippen LogP) is 4.51. The molecule has 1 unspecified atom stereocenters. The van der Waals surface area contributed by atoms with E-state index in [9.17, 15) is 0 Å². The molecule has 0 nitrogen and oxygen atoms in total. The van der Waals surface area contributed by atoms with Crippen LogP contribution in [-0.2, 0) is 0 Å². The van der Waals surface area contributed by atoms with Crippen LogP contribution in [0.3, 0.4) is 0 Å². The van der Waals surface area contributed by atoms with E-state index < -0.39 is 0 Å². The molecular formula is C17H14. The van der Waals surface area contributed by atoms with E-state index in [4.69, 9.17) is 0 Å². The molecule has 0 aromatic heterocycles. The lowest BCUT2D eigenvalue weighted by atomic mass is 9.99. The van der Waals surface area contributed by atoms with Crippen molar-refractivity contribution >= 4 is 12.2 Å². The fraction of sp³-hybridized carbons (Fsp3) is 0.0588. The smallest absolute Gasteiger partial charge is 0.0211 e. The molecule has 0 saturated heterocycles. The highest BCUT2D eigenvalue weighted by molar-refractivity contribution is 5.65. The Morgan fingerprint density at radius 2 is 1.59 bits per heavy atom. The van der Waals surface area contributed by atoms with E-state index >= 15 is 0 Å². The topological polar surface area (TPSA) is 0 Å². The monoisotopic (exact) mass is 218 g/mol. The Bertz CT molecular complexity index is 562. The van der Waals surface area contributed by atoms with Crippen LogP contribution in [0.1, 0.15) is 22.6 Å². The number of hydrogen-bond acceptors (Lipinski definition) is 0. The average molecular weight is 218 g/mol. The van der Waals surface area contributed by atoms with Crippen molar-refractivity contribution in [2.75, 3.05) is 0 Å². The molecule has 82 valence electrons. The Morgan fingerprint density at radius 1 is 0.824 bits per heavy atom. The van der Waals surface area contributed by atoms with Crippen molar-refractivity contribution in [2.24, 2.45) is 0 Å². The molecule has 0 saturated carbocycles. The van der Waals surface area contributed by atoms with E-state index in [1.54, 1.807) is 0 Å². The van der Waals surface area contributed by atoms with Crippen molar-refractivity contribution in [2.45, 2.75) is 5.92 Å². The molecular weight excluding hydrogens is 204 g/mol. The number of hydrogen-bond donors (Lipinski definition) is 0. The Morgan fingerprint density at radius 3 is 2.47 bits per heavy atom. The van der Waals surface area contributed by atoms with Crippen LogP contribution in [-0.4, -0.2) is 0 Å². The van der Waals surface area contributed by atoms with Gasteiger partial charge in [-0.05, 0) is 16.7 Å². The van der Waals surface area contributed by atoms with Crippen LogP contribution in [0.5, 0.6) is 0 Å². The van der Waals surface area contributed by atoms with Gasteiger partial charge in [-0.25, -0.2) is 0 Å². The number of benzene rings is 2. The highest BCUT2D eigenvalue weighted by atomic mass is 14.2. The molecule has 0 heterocycles. The van der Waals surface area contributed by atoms with Gasteiger partial charge in [-0.2, -0.15) is 0 Å². The molecule has 2 aromatic rings. The van der Waals surface area contributed by atoms with Crippen molar-refractivity contribution in [1.82, 2.24) is 0 Å². The normalized spacial score (nSPS) is 17.5. The van der Waals surface area contributed by atoms with E-state index in [2.05, 4.69) is 72.8 Å². The highest BCUT2D eigenvalue weighted by Gasteiger charge is 2.12. The first-order chi connectivity index (χ1) is 8.43. The Labute approximate surface area is 102 Å². The maximum atomic E-state index is 2.26. The summed E-state index contributed by atoms with van der Waals surface area (Å²) in [5.74, 6) is 0.423. The van der Waals surface area contributed by atoms with Crippen molar-refractivity contribution in [3.05, 3.63) is 83.4 Å². The van der Waals surface area contributed by atoms with Gasteiger partial charge >= 0.3 is 0 Å².